The molecular weight excluding hydrogens is 248 g/mol. The van der Waals surface area contributed by atoms with Gasteiger partial charge in [0.2, 0.25) is 0 Å². The first-order valence-corrected chi connectivity index (χ1v) is 7.32. The summed E-state index contributed by atoms with van der Waals surface area (Å²) in [7, 11) is 2.07. The molecule has 2 rings (SSSR count). The smallest absolute Gasteiger partial charge is 0.147 e. The summed E-state index contributed by atoms with van der Waals surface area (Å²) < 4.78 is 2.16. The number of carbonyl (C=O) groups excluding carboxylic acids is 1. The Morgan fingerprint density at radius 1 is 1.40 bits per heavy atom. The highest BCUT2D eigenvalue weighted by Gasteiger charge is 2.17. The number of nitrogens with one attached hydrogen (secondary N) is 1. The Labute approximate surface area is 121 Å². The molecule has 0 amide bonds. The van der Waals surface area contributed by atoms with Gasteiger partial charge in [0.15, 0.2) is 0 Å². The number of aromatic nitrogens is 1. The molecule has 0 bridgehead atoms. The summed E-state index contributed by atoms with van der Waals surface area (Å²) in [6.07, 6.45) is 3.95. The summed E-state index contributed by atoms with van der Waals surface area (Å²) in [5, 5.41) is 4.61. The van der Waals surface area contributed by atoms with E-state index in [1.165, 1.54) is 22.0 Å². The zero-order chi connectivity index (χ0) is 14.7. The highest BCUT2D eigenvalue weighted by molar-refractivity contribution is 5.88. The number of ketones is 1. The lowest BCUT2D eigenvalue weighted by atomic mass is 10.0. The van der Waals surface area contributed by atoms with Gasteiger partial charge in [-0.3, -0.25) is 4.79 Å². The molecule has 0 aliphatic heterocycles. The molecule has 0 aliphatic carbocycles. The van der Waals surface area contributed by atoms with Crippen LogP contribution in [0.4, 0.5) is 0 Å². The second-order valence-corrected chi connectivity index (χ2v) is 5.56. The molecule has 1 heterocycles. The Balaban J connectivity index is 2.33. The molecule has 3 nitrogen and oxygen atoms in total. The van der Waals surface area contributed by atoms with Crippen LogP contribution in [0.5, 0.6) is 0 Å². The fourth-order valence-corrected chi connectivity index (χ4v) is 2.81. The van der Waals surface area contributed by atoms with Crippen molar-refractivity contribution in [3.63, 3.8) is 0 Å². The minimum absolute atomic E-state index is 0.0823. The second-order valence-electron chi connectivity index (χ2n) is 5.56. The van der Waals surface area contributed by atoms with E-state index in [0.717, 1.165) is 19.4 Å². The van der Waals surface area contributed by atoms with Crippen molar-refractivity contribution in [1.29, 1.82) is 0 Å². The predicted molar refractivity (Wildman–Crippen MR) is 84.1 cm³/mol. The lowest BCUT2D eigenvalue weighted by molar-refractivity contribution is -0.118. The number of para-hydroxylation sites is 1. The SMILES string of the molecule is CCCN[C@@H](Cc1cn(C)c2c(C)cccc12)C(C)=O. The molecule has 0 spiro atoms. The largest absolute Gasteiger partial charge is 0.350 e. The van der Waals surface area contributed by atoms with Crippen LogP contribution >= 0.6 is 0 Å². The molecule has 0 fully saturated rings. The number of aryl methyl sites for hydroxylation is 2. The fraction of sp³-hybridized carbons (Fsp3) is 0.471. The fourth-order valence-electron chi connectivity index (χ4n) is 2.81. The van der Waals surface area contributed by atoms with Gasteiger partial charge in [-0.25, -0.2) is 0 Å². The number of rotatable bonds is 6. The number of nitrogens with zero attached hydrogens (tertiary/aromatic N) is 1. The summed E-state index contributed by atoms with van der Waals surface area (Å²) in [4.78, 5) is 11.8. The zero-order valence-corrected chi connectivity index (χ0v) is 12.9. The first kappa shape index (κ1) is 14.8. The average Bonchev–Trinajstić information content (AvgIpc) is 2.72. The first-order chi connectivity index (χ1) is 9.54. The van der Waals surface area contributed by atoms with Crippen LogP contribution in [-0.4, -0.2) is 22.9 Å². The van der Waals surface area contributed by atoms with Crippen molar-refractivity contribution in [2.45, 2.75) is 39.7 Å². The Bertz CT molecular complexity index is 613. The quantitative estimate of drug-likeness (QED) is 0.877. The minimum Gasteiger partial charge on any atom is -0.350 e. The molecule has 0 unspecified atom stereocenters. The predicted octanol–water partition coefficient (Wildman–Crippen LogP) is 2.99. The molecule has 1 atom stereocenters. The van der Waals surface area contributed by atoms with E-state index in [1.807, 2.05) is 0 Å². The van der Waals surface area contributed by atoms with Crippen molar-refractivity contribution >= 4 is 16.7 Å². The van der Waals surface area contributed by atoms with Crippen molar-refractivity contribution in [2.75, 3.05) is 6.54 Å². The Morgan fingerprint density at radius 2 is 2.15 bits per heavy atom. The third-order valence-corrected chi connectivity index (χ3v) is 3.84. The number of carbonyl (C=O) groups is 1. The molecule has 1 N–H and O–H groups in total. The maximum atomic E-state index is 11.8. The molecule has 3 heteroatoms. The molecule has 0 radical (unpaired) electrons. The molecule has 108 valence electrons. The molecule has 2 aromatic rings. The number of benzene rings is 1. The van der Waals surface area contributed by atoms with Gasteiger partial charge in [0.25, 0.3) is 0 Å². The number of hydrogen-bond acceptors (Lipinski definition) is 2. The second kappa shape index (κ2) is 6.23. The van der Waals surface area contributed by atoms with Crippen LogP contribution < -0.4 is 5.32 Å². The van der Waals surface area contributed by atoms with Crippen LogP contribution in [0.3, 0.4) is 0 Å². The van der Waals surface area contributed by atoms with E-state index in [4.69, 9.17) is 0 Å². The topological polar surface area (TPSA) is 34.0 Å². The summed E-state index contributed by atoms with van der Waals surface area (Å²) in [6.45, 7) is 6.80. The molecule has 1 aromatic heterocycles. The molecule has 0 saturated heterocycles. The van der Waals surface area contributed by atoms with Crippen LogP contribution in [0.2, 0.25) is 0 Å². The van der Waals surface area contributed by atoms with E-state index in [2.05, 4.69) is 55.2 Å². The molecule has 0 aliphatic rings. The van der Waals surface area contributed by atoms with Crippen LogP contribution in [-0.2, 0) is 18.3 Å². The van der Waals surface area contributed by atoms with Gasteiger partial charge in [0.05, 0.1) is 11.6 Å². The molecule has 20 heavy (non-hydrogen) atoms. The Morgan fingerprint density at radius 3 is 2.80 bits per heavy atom. The van der Waals surface area contributed by atoms with Crippen LogP contribution in [0.25, 0.3) is 10.9 Å². The van der Waals surface area contributed by atoms with Gasteiger partial charge in [-0.2, -0.15) is 0 Å². The third kappa shape index (κ3) is 2.93. The summed E-state index contributed by atoms with van der Waals surface area (Å²) >= 11 is 0. The van der Waals surface area contributed by atoms with Crippen molar-refractivity contribution < 1.29 is 4.79 Å². The van der Waals surface area contributed by atoms with E-state index in [9.17, 15) is 4.79 Å². The maximum absolute atomic E-state index is 11.8. The maximum Gasteiger partial charge on any atom is 0.147 e. The third-order valence-electron chi connectivity index (χ3n) is 3.84. The van der Waals surface area contributed by atoms with Gasteiger partial charge in [-0.05, 0) is 44.4 Å². The Hall–Kier alpha value is -1.61. The van der Waals surface area contributed by atoms with E-state index >= 15 is 0 Å². The van der Waals surface area contributed by atoms with Crippen molar-refractivity contribution in [3.05, 3.63) is 35.5 Å². The average molecular weight is 272 g/mol. The normalized spacial score (nSPS) is 12.8. The lowest BCUT2D eigenvalue weighted by Gasteiger charge is -2.14. The number of Topliss-reactive ketones (excluding diaryl/α,β-unsaturated/α-hetero) is 1. The van der Waals surface area contributed by atoms with E-state index in [0.29, 0.717) is 0 Å². The van der Waals surface area contributed by atoms with E-state index in [-0.39, 0.29) is 11.8 Å². The Kier molecular flexibility index (Phi) is 4.61. The standard InChI is InChI=1S/C17H24N2O/c1-5-9-18-16(13(3)20)10-14-11-19(4)17-12(2)7-6-8-15(14)17/h6-8,11,16,18H,5,9-10H2,1-4H3/t16-/m0/s1. The molecular formula is C17H24N2O. The lowest BCUT2D eigenvalue weighted by Crippen LogP contribution is -2.37. The molecule has 0 saturated carbocycles. The monoisotopic (exact) mass is 272 g/mol. The van der Waals surface area contributed by atoms with Gasteiger partial charge in [0, 0.05) is 18.6 Å². The molecule has 1 aromatic carbocycles. The van der Waals surface area contributed by atoms with Gasteiger partial charge >= 0.3 is 0 Å². The first-order valence-electron chi connectivity index (χ1n) is 7.32. The van der Waals surface area contributed by atoms with Gasteiger partial charge in [-0.15, -0.1) is 0 Å². The van der Waals surface area contributed by atoms with Crippen LogP contribution in [0.15, 0.2) is 24.4 Å². The number of hydrogen-bond donors (Lipinski definition) is 1. The summed E-state index contributed by atoms with van der Waals surface area (Å²) in [6, 6.07) is 6.28. The highest BCUT2D eigenvalue weighted by atomic mass is 16.1. The zero-order valence-electron chi connectivity index (χ0n) is 12.9. The van der Waals surface area contributed by atoms with Crippen LogP contribution in [0.1, 0.15) is 31.4 Å². The van der Waals surface area contributed by atoms with Gasteiger partial charge in [0.1, 0.15) is 5.78 Å². The van der Waals surface area contributed by atoms with Crippen molar-refractivity contribution in [3.8, 4) is 0 Å². The summed E-state index contributed by atoms with van der Waals surface area (Å²) in [5.41, 5.74) is 3.78. The minimum atomic E-state index is -0.0823. The van der Waals surface area contributed by atoms with Crippen LogP contribution in [0, 0.1) is 6.92 Å². The highest BCUT2D eigenvalue weighted by Crippen LogP contribution is 2.24. The van der Waals surface area contributed by atoms with E-state index in [1.54, 1.807) is 6.92 Å². The van der Waals surface area contributed by atoms with Gasteiger partial charge < -0.3 is 9.88 Å². The van der Waals surface area contributed by atoms with E-state index < -0.39 is 0 Å². The van der Waals surface area contributed by atoms with Gasteiger partial charge in [-0.1, -0.05) is 25.1 Å². The summed E-state index contributed by atoms with van der Waals surface area (Å²) in [5.74, 6) is 0.211. The van der Waals surface area contributed by atoms with Crippen molar-refractivity contribution in [2.24, 2.45) is 7.05 Å². The van der Waals surface area contributed by atoms with Crippen molar-refractivity contribution in [1.82, 2.24) is 9.88 Å². The number of fused-ring (bicyclic) bond motifs is 1.